The zero-order chi connectivity index (χ0) is 27.7. The minimum atomic E-state index is -0.975. The van der Waals surface area contributed by atoms with E-state index in [1.54, 1.807) is 30.3 Å². The number of nitrogens with zero attached hydrogens (tertiary/aromatic N) is 1. The number of anilines is 2. The van der Waals surface area contributed by atoms with E-state index >= 15 is 0 Å². The first-order chi connectivity index (χ1) is 18.2. The molecule has 0 fully saturated rings. The summed E-state index contributed by atoms with van der Waals surface area (Å²) in [5.74, 6) is -1.30. The fourth-order valence-electron chi connectivity index (χ4n) is 3.34. The third-order valence-corrected chi connectivity index (χ3v) is 5.45. The van der Waals surface area contributed by atoms with Crippen LogP contribution >= 0.6 is 11.6 Å². The highest BCUT2D eigenvalue weighted by molar-refractivity contribution is 6.39. The van der Waals surface area contributed by atoms with E-state index in [2.05, 4.69) is 21.2 Å². The standard InChI is InChI=1S/C27H27ClN4O6/c1-16-8-9-22(17(2)10-16)31-24(33)15-38-25-21(28)11-18(12-23(25)37-4)14-29-32-27(35)26(34)30-19-6-5-7-20(13-19)36-3/h5-14H,15H2,1-4H3,(H,30,34)(H,31,33)(H,32,35)/b29-14-. The van der Waals surface area contributed by atoms with Crippen LogP contribution in [0.2, 0.25) is 5.02 Å². The molecule has 0 atom stereocenters. The summed E-state index contributed by atoms with van der Waals surface area (Å²) in [5.41, 5.74) is 5.70. The summed E-state index contributed by atoms with van der Waals surface area (Å²) >= 11 is 6.35. The monoisotopic (exact) mass is 538 g/mol. The van der Waals surface area contributed by atoms with Gasteiger partial charge in [-0.05, 0) is 55.3 Å². The molecular weight excluding hydrogens is 512 g/mol. The average Bonchev–Trinajstić information content (AvgIpc) is 2.89. The second kappa shape index (κ2) is 13.1. The Labute approximate surface area is 224 Å². The zero-order valence-electron chi connectivity index (χ0n) is 21.3. The van der Waals surface area contributed by atoms with Gasteiger partial charge in [0.15, 0.2) is 18.1 Å². The fourth-order valence-corrected chi connectivity index (χ4v) is 3.61. The lowest BCUT2D eigenvalue weighted by Crippen LogP contribution is -2.32. The van der Waals surface area contributed by atoms with Gasteiger partial charge in [0.05, 0.1) is 25.5 Å². The van der Waals surface area contributed by atoms with Crippen molar-refractivity contribution in [2.75, 3.05) is 31.5 Å². The van der Waals surface area contributed by atoms with Crippen molar-refractivity contribution in [1.82, 2.24) is 5.43 Å². The molecule has 3 aromatic carbocycles. The smallest absolute Gasteiger partial charge is 0.329 e. The molecule has 0 aliphatic carbocycles. The number of carbonyl (C=O) groups excluding carboxylic acids is 3. The van der Waals surface area contributed by atoms with Crippen LogP contribution in [0.25, 0.3) is 0 Å². The van der Waals surface area contributed by atoms with Crippen LogP contribution in [0, 0.1) is 13.8 Å². The number of halogens is 1. The average molecular weight is 539 g/mol. The van der Waals surface area contributed by atoms with Crippen molar-refractivity contribution in [1.29, 1.82) is 0 Å². The molecule has 3 amide bonds. The number of methoxy groups -OCH3 is 2. The Bertz CT molecular complexity index is 1380. The van der Waals surface area contributed by atoms with Crippen molar-refractivity contribution in [2.45, 2.75) is 13.8 Å². The summed E-state index contributed by atoms with van der Waals surface area (Å²) in [6.07, 6.45) is 1.28. The van der Waals surface area contributed by atoms with Crippen LogP contribution in [0.5, 0.6) is 17.2 Å². The first kappa shape index (κ1) is 28.0. The van der Waals surface area contributed by atoms with Crippen LogP contribution in [0.3, 0.4) is 0 Å². The molecule has 0 aliphatic heterocycles. The Morgan fingerprint density at radius 2 is 1.74 bits per heavy atom. The van der Waals surface area contributed by atoms with Crippen LogP contribution in [-0.2, 0) is 14.4 Å². The molecule has 0 radical (unpaired) electrons. The summed E-state index contributed by atoms with van der Waals surface area (Å²) < 4.78 is 16.0. The Morgan fingerprint density at radius 3 is 2.45 bits per heavy atom. The molecule has 0 aliphatic rings. The number of benzene rings is 3. The summed E-state index contributed by atoms with van der Waals surface area (Å²) in [4.78, 5) is 36.6. The van der Waals surface area contributed by atoms with E-state index in [9.17, 15) is 14.4 Å². The lowest BCUT2D eigenvalue weighted by atomic mass is 10.1. The van der Waals surface area contributed by atoms with Gasteiger partial charge in [-0.1, -0.05) is 35.4 Å². The molecule has 0 saturated carbocycles. The van der Waals surface area contributed by atoms with Crippen molar-refractivity contribution in [3.05, 3.63) is 76.3 Å². The minimum Gasteiger partial charge on any atom is -0.497 e. The van der Waals surface area contributed by atoms with Crippen molar-refractivity contribution >= 4 is 46.9 Å². The lowest BCUT2D eigenvalue weighted by Gasteiger charge is -2.14. The van der Waals surface area contributed by atoms with E-state index in [0.29, 0.717) is 22.7 Å². The maximum Gasteiger partial charge on any atom is 0.329 e. The molecule has 0 heterocycles. The molecule has 3 N–H and O–H groups in total. The number of ether oxygens (including phenoxy) is 3. The van der Waals surface area contributed by atoms with Crippen LogP contribution in [0.1, 0.15) is 16.7 Å². The highest BCUT2D eigenvalue weighted by atomic mass is 35.5. The van der Waals surface area contributed by atoms with Crippen molar-refractivity contribution in [2.24, 2.45) is 5.10 Å². The van der Waals surface area contributed by atoms with Crippen molar-refractivity contribution < 1.29 is 28.6 Å². The highest BCUT2D eigenvalue weighted by Crippen LogP contribution is 2.36. The van der Waals surface area contributed by atoms with E-state index in [1.807, 2.05) is 32.0 Å². The number of hydrogen-bond acceptors (Lipinski definition) is 7. The molecule has 10 nitrogen and oxygen atoms in total. The van der Waals surface area contributed by atoms with E-state index in [0.717, 1.165) is 11.1 Å². The summed E-state index contributed by atoms with van der Waals surface area (Å²) in [7, 11) is 2.91. The number of rotatable bonds is 9. The van der Waals surface area contributed by atoms with Gasteiger partial charge < -0.3 is 24.8 Å². The zero-order valence-corrected chi connectivity index (χ0v) is 22.0. The fraction of sp³-hybridized carbons (Fsp3) is 0.185. The van der Waals surface area contributed by atoms with E-state index in [-0.39, 0.29) is 29.0 Å². The molecule has 198 valence electrons. The Kier molecular flexibility index (Phi) is 9.66. The molecule has 11 heteroatoms. The van der Waals surface area contributed by atoms with E-state index < -0.39 is 11.8 Å². The highest BCUT2D eigenvalue weighted by Gasteiger charge is 2.15. The molecular formula is C27H27ClN4O6. The number of nitrogens with one attached hydrogen (secondary N) is 3. The Balaban J connectivity index is 1.58. The summed E-state index contributed by atoms with van der Waals surface area (Å²) in [6.45, 7) is 3.58. The van der Waals surface area contributed by atoms with Gasteiger partial charge in [-0.15, -0.1) is 0 Å². The van der Waals surface area contributed by atoms with Crippen LogP contribution in [0.4, 0.5) is 11.4 Å². The molecule has 0 spiro atoms. The van der Waals surface area contributed by atoms with Crippen molar-refractivity contribution in [3.63, 3.8) is 0 Å². The van der Waals surface area contributed by atoms with Gasteiger partial charge in [-0.3, -0.25) is 14.4 Å². The second-order valence-electron chi connectivity index (χ2n) is 8.07. The largest absolute Gasteiger partial charge is 0.497 e. The topological polar surface area (TPSA) is 127 Å². The molecule has 38 heavy (non-hydrogen) atoms. The molecule has 0 unspecified atom stereocenters. The first-order valence-corrected chi connectivity index (χ1v) is 11.7. The normalized spacial score (nSPS) is 10.6. The molecule has 0 saturated heterocycles. The van der Waals surface area contributed by atoms with E-state index in [4.69, 9.17) is 25.8 Å². The maximum atomic E-state index is 12.4. The van der Waals surface area contributed by atoms with E-state index in [1.165, 1.54) is 26.5 Å². The lowest BCUT2D eigenvalue weighted by molar-refractivity contribution is -0.136. The predicted octanol–water partition coefficient (Wildman–Crippen LogP) is 4.08. The van der Waals surface area contributed by atoms with Gasteiger partial charge in [0.25, 0.3) is 5.91 Å². The molecule has 0 aromatic heterocycles. The molecule has 3 rings (SSSR count). The predicted molar refractivity (Wildman–Crippen MR) is 145 cm³/mol. The third kappa shape index (κ3) is 7.71. The molecule has 3 aromatic rings. The van der Waals surface area contributed by atoms with Gasteiger partial charge in [0.1, 0.15) is 5.75 Å². The van der Waals surface area contributed by atoms with Crippen LogP contribution in [-0.4, -0.2) is 44.8 Å². The van der Waals surface area contributed by atoms with Crippen molar-refractivity contribution in [3.8, 4) is 17.2 Å². The quantitative estimate of drug-likeness (QED) is 0.214. The third-order valence-electron chi connectivity index (χ3n) is 5.17. The summed E-state index contributed by atoms with van der Waals surface area (Å²) in [5, 5.41) is 9.19. The van der Waals surface area contributed by atoms with Crippen LogP contribution in [0.15, 0.2) is 59.7 Å². The SMILES string of the molecule is COc1cccc(NC(=O)C(=O)N/N=C\c2cc(Cl)c(OCC(=O)Nc3ccc(C)cc3C)c(OC)c2)c1. The number of hydrogen-bond donors (Lipinski definition) is 3. The maximum absolute atomic E-state index is 12.4. The number of carbonyl (C=O) groups is 3. The van der Waals surface area contributed by atoms with Gasteiger partial charge in [-0.25, -0.2) is 5.43 Å². The number of hydrazone groups is 1. The second-order valence-corrected chi connectivity index (χ2v) is 8.48. The van der Waals surface area contributed by atoms with Gasteiger partial charge in [0, 0.05) is 17.4 Å². The Hall–Kier alpha value is -4.57. The minimum absolute atomic E-state index is 0.159. The Morgan fingerprint density at radius 1 is 0.947 bits per heavy atom. The number of aryl methyl sites for hydroxylation is 2. The van der Waals surface area contributed by atoms with Gasteiger partial charge in [0.2, 0.25) is 0 Å². The first-order valence-electron chi connectivity index (χ1n) is 11.4. The van der Waals surface area contributed by atoms with Gasteiger partial charge >= 0.3 is 11.8 Å². The van der Waals surface area contributed by atoms with Gasteiger partial charge in [-0.2, -0.15) is 5.10 Å². The number of amides is 3. The summed E-state index contributed by atoms with van der Waals surface area (Å²) in [6, 6.07) is 15.3. The van der Waals surface area contributed by atoms with Crippen LogP contribution < -0.4 is 30.3 Å². The molecule has 0 bridgehead atoms.